The van der Waals surface area contributed by atoms with Crippen LogP contribution in [0.4, 0.5) is 0 Å². The molecule has 2 N–H and O–H groups in total. The predicted octanol–water partition coefficient (Wildman–Crippen LogP) is 2.90. The molecule has 1 aromatic rings. The van der Waals surface area contributed by atoms with E-state index in [4.69, 9.17) is 5.26 Å². The third kappa shape index (κ3) is 3.76. The van der Waals surface area contributed by atoms with Crippen molar-refractivity contribution in [1.29, 1.82) is 5.26 Å². The summed E-state index contributed by atoms with van der Waals surface area (Å²) in [6, 6.07) is 7.92. The van der Waals surface area contributed by atoms with Crippen molar-refractivity contribution in [3.05, 3.63) is 29.3 Å². The summed E-state index contributed by atoms with van der Waals surface area (Å²) in [6.45, 7) is 8.31. The Balaban J connectivity index is 2.71. The maximum absolute atomic E-state index is 9.84. The van der Waals surface area contributed by atoms with Gasteiger partial charge in [-0.05, 0) is 39.3 Å². The van der Waals surface area contributed by atoms with Gasteiger partial charge in [-0.2, -0.15) is 5.26 Å². The number of benzene rings is 1. The van der Waals surface area contributed by atoms with E-state index in [0.717, 1.165) is 11.1 Å². The van der Waals surface area contributed by atoms with Gasteiger partial charge in [0.25, 0.3) is 0 Å². The standard InChI is InChI=1S/C14H20N2O/c1-10-5-6-12(13(17)7-10)11(2)16-9-14(3,4)8-15/h5-7,11,16-17H,9H2,1-4H3. The number of aryl methyl sites for hydroxylation is 1. The summed E-state index contributed by atoms with van der Waals surface area (Å²) in [5.41, 5.74) is 1.51. The average Bonchev–Trinajstić information content (AvgIpc) is 2.26. The second-order valence-electron chi connectivity index (χ2n) is 5.16. The molecule has 17 heavy (non-hydrogen) atoms. The number of hydrogen-bond acceptors (Lipinski definition) is 3. The first kappa shape index (κ1) is 13.5. The number of phenols is 1. The van der Waals surface area contributed by atoms with Crippen molar-refractivity contribution in [2.24, 2.45) is 5.41 Å². The number of nitriles is 1. The van der Waals surface area contributed by atoms with Gasteiger partial charge in [-0.15, -0.1) is 0 Å². The highest BCUT2D eigenvalue weighted by Gasteiger charge is 2.18. The normalized spacial score (nSPS) is 13.1. The van der Waals surface area contributed by atoms with Crippen LogP contribution in [0, 0.1) is 23.7 Å². The fourth-order valence-electron chi connectivity index (χ4n) is 1.58. The smallest absolute Gasteiger partial charge is 0.120 e. The van der Waals surface area contributed by atoms with E-state index >= 15 is 0 Å². The van der Waals surface area contributed by atoms with Crippen LogP contribution in [0.1, 0.15) is 37.9 Å². The minimum absolute atomic E-state index is 0.0308. The lowest BCUT2D eigenvalue weighted by molar-refractivity contribution is 0.403. The molecule has 0 spiro atoms. The van der Waals surface area contributed by atoms with E-state index in [-0.39, 0.29) is 6.04 Å². The van der Waals surface area contributed by atoms with Gasteiger partial charge < -0.3 is 10.4 Å². The van der Waals surface area contributed by atoms with Crippen LogP contribution >= 0.6 is 0 Å². The first-order valence-electron chi connectivity index (χ1n) is 5.80. The highest BCUT2D eigenvalue weighted by Crippen LogP contribution is 2.25. The Hall–Kier alpha value is -1.53. The third-order valence-electron chi connectivity index (χ3n) is 2.81. The van der Waals surface area contributed by atoms with Crippen LogP contribution in [0.25, 0.3) is 0 Å². The molecule has 0 aliphatic carbocycles. The highest BCUT2D eigenvalue weighted by atomic mass is 16.3. The van der Waals surface area contributed by atoms with Crippen molar-refractivity contribution in [3.8, 4) is 11.8 Å². The van der Waals surface area contributed by atoms with Crippen LogP contribution in [-0.2, 0) is 0 Å². The van der Waals surface area contributed by atoms with Gasteiger partial charge in [0.15, 0.2) is 0 Å². The van der Waals surface area contributed by atoms with Gasteiger partial charge in [-0.1, -0.05) is 12.1 Å². The summed E-state index contributed by atoms with van der Waals surface area (Å²) in [5.74, 6) is 0.305. The fraction of sp³-hybridized carbons (Fsp3) is 0.500. The number of hydrogen-bond donors (Lipinski definition) is 2. The Morgan fingerprint density at radius 2 is 2.12 bits per heavy atom. The molecule has 1 unspecified atom stereocenters. The molecule has 0 saturated heterocycles. The lowest BCUT2D eigenvalue weighted by Gasteiger charge is -2.21. The Kier molecular flexibility index (Phi) is 4.14. The summed E-state index contributed by atoms with van der Waals surface area (Å²) >= 11 is 0. The first-order chi connectivity index (χ1) is 7.85. The van der Waals surface area contributed by atoms with Crippen molar-refractivity contribution in [1.82, 2.24) is 5.32 Å². The molecule has 0 amide bonds. The van der Waals surface area contributed by atoms with Gasteiger partial charge in [0.05, 0.1) is 11.5 Å². The Morgan fingerprint density at radius 3 is 2.65 bits per heavy atom. The zero-order chi connectivity index (χ0) is 13.1. The second-order valence-corrected chi connectivity index (χ2v) is 5.16. The van der Waals surface area contributed by atoms with Crippen LogP contribution in [-0.4, -0.2) is 11.7 Å². The van der Waals surface area contributed by atoms with Crippen LogP contribution in [0.3, 0.4) is 0 Å². The summed E-state index contributed by atoms with van der Waals surface area (Å²) in [5, 5.41) is 22.0. The van der Waals surface area contributed by atoms with Crippen LogP contribution < -0.4 is 5.32 Å². The number of nitrogens with zero attached hydrogens (tertiary/aromatic N) is 1. The maximum Gasteiger partial charge on any atom is 0.120 e. The van der Waals surface area contributed by atoms with Gasteiger partial charge in [0.1, 0.15) is 5.75 Å². The Morgan fingerprint density at radius 1 is 1.47 bits per heavy atom. The predicted molar refractivity (Wildman–Crippen MR) is 68.7 cm³/mol. The number of aromatic hydroxyl groups is 1. The van der Waals surface area contributed by atoms with Crippen LogP contribution in [0.2, 0.25) is 0 Å². The van der Waals surface area contributed by atoms with Crippen LogP contribution in [0.15, 0.2) is 18.2 Å². The van der Waals surface area contributed by atoms with E-state index in [2.05, 4.69) is 11.4 Å². The fourth-order valence-corrected chi connectivity index (χ4v) is 1.58. The Bertz CT molecular complexity index is 432. The van der Waals surface area contributed by atoms with Gasteiger partial charge in [-0.25, -0.2) is 0 Å². The molecule has 0 bridgehead atoms. The van der Waals surface area contributed by atoms with Crippen molar-refractivity contribution < 1.29 is 5.11 Å². The largest absolute Gasteiger partial charge is 0.508 e. The van der Waals surface area contributed by atoms with Crippen molar-refractivity contribution >= 4 is 0 Å². The molecule has 0 heterocycles. The zero-order valence-corrected chi connectivity index (χ0v) is 10.9. The van der Waals surface area contributed by atoms with Gasteiger partial charge in [-0.3, -0.25) is 0 Å². The molecule has 0 saturated carbocycles. The Labute approximate surface area is 103 Å². The van der Waals surface area contributed by atoms with Crippen molar-refractivity contribution in [2.45, 2.75) is 33.7 Å². The molecule has 0 radical (unpaired) electrons. The molecule has 0 aliphatic heterocycles. The first-order valence-corrected chi connectivity index (χ1v) is 5.80. The summed E-state index contributed by atoms with van der Waals surface area (Å²) in [7, 11) is 0. The topological polar surface area (TPSA) is 56.0 Å². The van der Waals surface area contributed by atoms with Crippen molar-refractivity contribution in [3.63, 3.8) is 0 Å². The molecule has 1 rings (SSSR count). The summed E-state index contributed by atoms with van der Waals surface area (Å²) < 4.78 is 0. The van der Waals surface area contributed by atoms with E-state index in [1.54, 1.807) is 6.07 Å². The molecule has 92 valence electrons. The lowest BCUT2D eigenvalue weighted by atomic mass is 9.95. The molecule has 3 nitrogen and oxygen atoms in total. The molecule has 0 aliphatic rings. The molecule has 1 atom stereocenters. The monoisotopic (exact) mass is 232 g/mol. The molecule has 3 heteroatoms. The van der Waals surface area contributed by atoms with E-state index in [0.29, 0.717) is 12.3 Å². The quantitative estimate of drug-likeness (QED) is 0.839. The molecule has 0 fully saturated rings. The number of rotatable bonds is 4. The maximum atomic E-state index is 9.84. The molecular formula is C14H20N2O. The van der Waals surface area contributed by atoms with Crippen molar-refractivity contribution in [2.75, 3.05) is 6.54 Å². The van der Waals surface area contributed by atoms with Crippen LogP contribution in [0.5, 0.6) is 5.75 Å². The van der Waals surface area contributed by atoms with E-state index in [1.165, 1.54) is 0 Å². The molecular weight excluding hydrogens is 212 g/mol. The van der Waals surface area contributed by atoms with Gasteiger partial charge in [0, 0.05) is 18.2 Å². The SMILES string of the molecule is Cc1ccc(C(C)NCC(C)(C)C#N)c(O)c1. The number of phenolic OH excluding ortho intramolecular Hbond substituents is 1. The lowest BCUT2D eigenvalue weighted by Crippen LogP contribution is -2.30. The van der Waals surface area contributed by atoms with Gasteiger partial charge >= 0.3 is 0 Å². The summed E-state index contributed by atoms with van der Waals surface area (Å²) in [6.07, 6.45) is 0. The highest BCUT2D eigenvalue weighted by molar-refractivity contribution is 5.37. The molecule has 1 aromatic carbocycles. The average molecular weight is 232 g/mol. The second kappa shape index (κ2) is 5.20. The summed E-state index contributed by atoms with van der Waals surface area (Å²) in [4.78, 5) is 0. The van der Waals surface area contributed by atoms with E-state index in [9.17, 15) is 5.11 Å². The third-order valence-corrected chi connectivity index (χ3v) is 2.81. The minimum atomic E-state index is -0.394. The van der Waals surface area contributed by atoms with E-state index in [1.807, 2.05) is 39.8 Å². The van der Waals surface area contributed by atoms with E-state index < -0.39 is 5.41 Å². The number of nitrogens with one attached hydrogen (secondary N) is 1. The zero-order valence-electron chi connectivity index (χ0n) is 10.9. The minimum Gasteiger partial charge on any atom is -0.508 e. The molecule has 0 aromatic heterocycles. The van der Waals surface area contributed by atoms with Gasteiger partial charge in [0.2, 0.25) is 0 Å².